The summed E-state index contributed by atoms with van der Waals surface area (Å²) in [6, 6.07) is 7.26. The van der Waals surface area contributed by atoms with Crippen molar-refractivity contribution >= 4 is 22.7 Å². The summed E-state index contributed by atoms with van der Waals surface area (Å²) in [6.45, 7) is -0.0280. The van der Waals surface area contributed by atoms with Crippen LogP contribution in [0.15, 0.2) is 30.3 Å². The van der Waals surface area contributed by atoms with Gasteiger partial charge in [0.05, 0.1) is 11.1 Å². The molecule has 2 aromatic carbocycles. The molecule has 20 heavy (non-hydrogen) atoms. The lowest BCUT2D eigenvalue weighted by molar-refractivity contribution is 0.0686. The molecular weight excluding hydrogens is 260 g/mol. The van der Waals surface area contributed by atoms with Gasteiger partial charge in [-0.25, -0.2) is 9.59 Å². The number of carboxylic acids is 2. The summed E-state index contributed by atoms with van der Waals surface area (Å²) in [5.41, 5.74) is -0.0196. The molecule has 0 atom stereocenters. The second-order valence-corrected chi connectivity index (χ2v) is 3.97. The molecule has 0 aliphatic rings. The Morgan fingerprint density at radius 3 is 2.40 bits per heavy atom. The van der Waals surface area contributed by atoms with E-state index in [4.69, 9.17) is 16.3 Å². The quantitative estimate of drug-likeness (QED) is 0.832. The summed E-state index contributed by atoms with van der Waals surface area (Å²) in [7, 11) is 0. The SMILES string of the molecule is C#CCOc1cc(C(=O)O)c2cccc(C(=O)O)c2c1. The molecule has 0 saturated carbocycles. The van der Waals surface area contributed by atoms with E-state index >= 15 is 0 Å². The number of aromatic carboxylic acids is 2. The highest BCUT2D eigenvalue weighted by Gasteiger charge is 2.16. The molecule has 0 spiro atoms. The smallest absolute Gasteiger partial charge is 0.336 e. The molecule has 0 unspecified atom stereocenters. The van der Waals surface area contributed by atoms with Gasteiger partial charge in [-0.2, -0.15) is 0 Å². The molecule has 2 aromatic rings. The van der Waals surface area contributed by atoms with Crippen LogP contribution in [-0.2, 0) is 0 Å². The van der Waals surface area contributed by atoms with Gasteiger partial charge < -0.3 is 14.9 Å². The Kier molecular flexibility index (Phi) is 3.58. The Morgan fingerprint density at radius 1 is 1.10 bits per heavy atom. The molecule has 0 heterocycles. The number of rotatable bonds is 4. The van der Waals surface area contributed by atoms with Crippen LogP contribution in [0.25, 0.3) is 10.8 Å². The minimum absolute atomic E-state index is 0.0103. The van der Waals surface area contributed by atoms with Gasteiger partial charge in [-0.1, -0.05) is 18.1 Å². The minimum Gasteiger partial charge on any atom is -0.481 e. The normalized spacial score (nSPS) is 9.95. The van der Waals surface area contributed by atoms with Gasteiger partial charge in [0.25, 0.3) is 0 Å². The van der Waals surface area contributed by atoms with Crippen molar-refractivity contribution < 1.29 is 24.5 Å². The zero-order chi connectivity index (χ0) is 14.7. The van der Waals surface area contributed by atoms with Gasteiger partial charge in [0.1, 0.15) is 12.4 Å². The van der Waals surface area contributed by atoms with Crippen LogP contribution in [0, 0.1) is 12.3 Å². The van der Waals surface area contributed by atoms with E-state index < -0.39 is 11.9 Å². The fraction of sp³-hybridized carbons (Fsp3) is 0.0667. The van der Waals surface area contributed by atoms with Gasteiger partial charge in [0.15, 0.2) is 0 Å². The van der Waals surface area contributed by atoms with Crippen molar-refractivity contribution in [3.05, 3.63) is 41.5 Å². The predicted octanol–water partition coefficient (Wildman–Crippen LogP) is 2.25. The highest BCUT2D eigenvalue weighted by molar-refractivity contribution is 6.11. The van der Waals surface area contributed by atoms with E-state index in [1.54, 1.807) is 6.07 Å². The number of ether oxygens (including phenoxy) is 1. The van der Waals surface area contributed by atoms with Crippen molar-refractivity contribution in [1.29, 1.82) is 0 Å². The van der Waals surface area contributed by atoms with Crippen LogP contribution in [0.4, 0.5) is 0 Å². The molecule has 2 N–H and O–H groups in total. The third-order valence-corrected chi connectivity index (χ3v) is 2.75. The molecule has 2 rings (SSSR count). The fourth-order valence-corrected chi connectivity index (χ4v) is 1.93. The van der Waals surface area contributed by atoms with Crippen LogP contribution in [0.5, 0.6) is 5.75 Å². The summed E-state index contributed by atoms with van der Waals surface area (Å²) in [5, 5.41) is 19.0. The predicted molar refractivity (Wildman–Crippen MR) is 72.2 cm³/mol. The molecule has 0 amide bonds. The van der Waals surface area contributed by atoms with Gasteiger partial charge >= 0.3 is 11.9 Å². The Bertz CT molecular complexity index is 740. The second kappa shape index (κ2) is 5.33. The number of hydrogen-bond acceptors (Lipinski definition) is 3. The molecule has 100 valence electrons. The molecule has 0 aliphatic heterocycles. The Balaban J connectivity index is 2.76. The standard InChI is InChI=1S/C15H10O5/c1-2-6-20-9-7-12-10(13(8-9)15(18)19)4-3-5-11(12)14(16)17/h1,3-5,7-8H,6H2,(H,16,17)(H,18,19). The number of terminal acetylenes is 1. The van der Waals surface area contributed by atoms with Crippen LogP contribution in [0.1, 0.15) is 20.7 Å². The largest absolute Gasteiger partial charge is 0.481 e. The summed E-state index contributed by atoms with van der Waals surface area (Å²) >= 11 is 0. The zero-order valence-corrected chi connectivity index (χ0v) is 10.3. The zero-order valence-electron chi connectivity index (χ0n) is 10.3. The maximum Gasteiger partial charge on any atom is 0.336 e. The molecule has 0 fully saturated rings. The van der Waals surface area contributed by atoms with E-state index in [1.165, 1.54) is 24.3 Å². The summed E-state index contributed by atoms with van der Waals surface area (Å²) < 4.78 is 5.20. The number of hydrogen-bond donors (Lipinski definition) is 2. The van der Waals surface area contributed by atoms with Crippen LogP contribution >= 0.6 is 0 Å². The number of benzene rings is 2. The van der Waals surface area contributed by atoms with E-state index in [0.717, 1.165) is 0 Å². The van der Waals surface area contributed by atoms with Gasteiger partial charge in [0.2, 0.25) is 0 Å². The topological polar surface area (TPSA) is 83.8 Å². The average Bonchev–Trinajstić information content (AvgIpc) is 2.43. The van der Waals surface area contributed by atoms with E-state index in [0.29, 0.717) is 10.8 Å². The van der Waals surface area contributed by atoms with E-state index in [9.17, 15) is 14.7 Å². The molecule has 0 aromatic heterocycles. The molecular formula is C15H10O5. The van der Waals surface area contributed by atoms with Gasteiger partial charge in [-0.05, 0) is 23.6 Å². The van der Waals surface area contributed by atoms with Crippen molar-refractivity contribution in [2.75, 3.05) is 6.61 Å². The second-order valence-electron chi connectivity index (χ2n) is 3.97. The van der Waals surface area contributed by atoms with E-state index in [1.807, 2.05) is 0 Å². The number of carbonyl (C=O) groups is 2. The first kappa shape index (κ1) is 13.4. The first-order chi connectivity index (χ1) is 9.54. The van der Waals surface area contributed by atoms with Crippen LogP contribution in [0.3, 0.4) is 0 Å². The van der Waals surface area contributed by atoms with Gasteiger partial charge in [0, 0.05) is 5.39 Å². The summed E-state index contributed by atoms with van der Waals surface area (Å²) in [4.78, 5) is 22.5. The van der Waals surface area contributed by atoms with Crippen molar-refractivity contribution in [2.24, 2.45) is 0 Å². The fourth-order valence-electron chi connectivity index (χ4n) is 1.93. The van der Waals surface area contributed by atoms with Crippen molar-refractivity contribution in [2.45, 2.75) is 0 Å². The third kappa shape index (κ3) is 2.40. The van der Waals surface area contributed by atoms with Crippen molar-refractivity contribution in [1.82, 2.24) is 0 Å². The van der Waals surface area contributed by atoms with Gasteiger partial charge in [-0.15, -0.1) is 6.42 Å². The molecule has 0 bridgehead atoms. The number of fused-ring (bicyclic) bond motifs is 1. The Hall–Kier alpha value is -3.00. The van der Waals surface area contributed by atoms with Gasteiger partial charge in [-0.3, -0.25) is 0 Å². The minimum atomic E-state index is -1.16. The van der Waals surface area contributed by atoms with Crippen molar-refractivity contribution in [3.8, 4) is 18.1 Å². The average molecular weight is 270 g/mol. The maximum absolute atomic E-state index is 11.3. The van der Waals surface area contributed by atoms with E-state index in [-0.39, 0.29) is 23.5 Å². The maximum atomic E-state index is 11.3. The molecule has 0 aliphatic carbocycles. The first-order valence-electron chi connectivity index (χ1n) is 5.64. The van der Waals surface area contributed by atoms with Crippen molar-refractivity contribution in [3.63, 3.8) is 0 Å². The monoisotopic (exact) mass is 270 g/mol. The lowest BCUT2D eigenvalue weighted by Gasteiger charge is -2.09. The van der Waals surface area contributed by atoms with Crippen LogP contribution in [-0.4, -0.2) is 28.8 Å². The molecule has 0 saturated heterocycles. The number of carboxylic acid groups (broad SMARTS) is 2. The lowest BCUT2D eigenvalue weighted by atomic mass is 9.99. The molecule has 5 nitrogen and oxygen atoms in total. The Morgan fingerprint density at radius 2 is 1.80 bits per heavy atom. The summed E-state index contributed by atoms with van der Waals surface area (Å²) in [5.74, 6) is 0.187. The summed E-state index contributed by atoms with van der Waals surface area (Å²) in [6.07, 6.45) is 5.08. The lowest BCUT2D eigenvalue weighted by Crippen LogP contribution is -2.03. The molecule has 5 heteroatoms. The van der Waals surface area contributed by atoms with Crippen LogP contribution in [0.2, 0.25) is 0 Å². The highest BCUT2D eigenvalue weighted by atomic mass is 16.5. The highest BCUT2D eigenvalue weighted by Crippen LogP contribution is 2.28. The van der Waals surface area contributed by atoms with E-state index in [2.05, 4.69) is 5.92 Å². The van der Waals surface area contributed by atoms with Crippen LogP contribution < -0.4 is 4.74 Å². The third-order valence-electron chi connectivity index (χ3n) is 2.75. The Labute approximate surface area is 114 Å². The first-order valence-corrected chi connectivity index (χ1v) is 5.64. The molecule has 0 radical (unpaired) electrons.